The fraction of sp³-hybridized carbons (Fsp3) is 0.750. The van der Waals surface area contributed by atoms with Crippen LogP contribution in [0.15, 0.2) is 6.33 Å². The lowest BCUT2D eigenvalue weighted by Gasteiger charge is -2.15. The Kier molecular flexibility index (Phi) is 3.85. The standard InChI is InChI=1S/C8H15N3O2/c1-6(3-4-13-2)7(12)8-9-5-10-11-8/h5-7,12H,3-4H2,1-2H3,(H,9,10,11). The van der Waals surface area contributed by atoms with Crippen LogP contribution in [0.3, 0.4) is 0 Å². The quantitative estimate of drug-likeness (QED) is 0.701. The van der Waals surface area contributed by atoms with Crippen molar-refractivity contribution in [2.24, 2.45) is 5.92 Å². The van der Waals surface area contributed by atoms with Gasteiger partial charge in [0.25, 0.3) is 0 Å². The Balaban J connectivity index is 2.43. The third kappa shape index (κ3) is 2.78. The van der Waals surface area contributed by atoms with Crippen molar-refractivity contribution >= 4 is 0 Å². The summed E-state index contributed by atoms with van der Waals surface area (Å²) in [5.74, 6) is 0.636. The maximum absolute atomic E-state index is 9.72. The van der Waals surface area contributed by atoms with Crippen molar-refractivity contribution in [2.45, 2.75) is 19.4 Å². The number of aliphatic hydroxyl groups is 1. The summed E-state index contributed by atoms with van der Waals surface area (Å²) >= 11 is 0. The van der Waals surface area contributed by atoms with Crippen LogP contribution in [-0.2, 0) is 4.74 Å². The van der Waals surface area contributed by atoms with Gasteiger partial charge < -0.3 is 9.84 Å². The highest BCUT2D eigenvalue weighted by Crippen LogP contribution is 2.20. The molecule has 0 aromatic carbocycles. The summed E-state index contributed by atoms with van der Waals surface area (Å²) in [6.45, 7) is 2.60. The van der Waals surface area contributed by atoms with Gasteiger partial charge in [0, 0.05) is 13.7 Å². The molecule has 5 heteroatoms. The fourth-order valence-corrected chi connectivity index (χ4v) is 1.09. The number of nitrogens with zero attached hydrogens (tertiary/aromatic N) is 2. The monoisotopic (exact) mass is 185 g/mol. The van der Waals surface area contributed by atoms with Gasteiger partial charge in [-0.3, -0.25) is 5.10 Å². The number of aromatic nitrogens is 3. The molecule has 2 unspecified atom stereocenters. The number of ether oxygens (including phenoxy) is 1. The van der Waals surface area contributed by atoms with E-state index in [2.05, 4.69) is 15.2 Å². The van der Waals surface area contributed by atoms with Crippen molar-refractivity contribution in [2.75, 3.05) is 13.7 Å². The van der Waals surface area contributed by atoms with Gasteiger partial charge in [0.2, 0.25) is 0 Å². The maximum atomic E-state index is 9.72. The lowest BCUT2D eigenvalue weighted by Crippen LogP contribution is -2.12. The SMILES string of the molecule is COCCC(C)C(O)c1ncn[nH]1. The second-order valence-corrected chi connectivity index (χ2v) is 3.07. The molecular formula is C8H15N3O2. The van der Waals surface area contributed by atoms with Crippen molar-refractivity contribution in [3.05, 3.63) is 12.2 Å². The molecule has 0 saturated heterocycles. The molecule has 0 aliphatic carbocycles. The number of H-pyrrole nitrogens is 1. The van der Waals surface area contributed by atoms with Crippen LogP contribution in [0.25, 0.3) is 0 Å². The van der Waals surface area contributed by atoms with Gasteiger partial charge in [-0.2, -0.15) is 5.10 Å². The van der Waals surface area contributed by atoms with E-state index in [1.54, 1.807) is 7.11 Å². The van der Waals surface area contributed by atoms with Crippen LogP contribution in [0.4, 0.5) is 0 Å². The normalized spacial score (nSPS) is 15.6. The Hall–Kier alpha value is -0.940. The van der Waals surface area contributed by atoms with E-state index >= 15 is 0 Å². The Labute approximate surface area is 77.1 Å². The number of aliphatic hydroxyl groups excluding tert-OH is 1. The minimum Gasteiger partial charge on any atom is -0.385 e. The fourth-order valence-electron chi connectivity index (χ4n) is 1.09. The van der Waals surface area contributed by atoms with E-state index in [9.17, 15) is 5.11 Å². The summed E-state index contributed by atoms with van der Waals surface area (Å²) in [5, 5.41) is 16.0. The lowest BCUT2D eigenvalue weighted by molar-refractivity contribution is 0.0823. The zero-order valence-electron chi connectivity index (χ0n) is 7.90. The Bertz CT molecular complexity index is 225. The third-order valence-corrected chi connectivity index (χ3v) is 2.03. The number of rotatable bonds is 5. The molecule has 1 aromatic rings. The topological polar surface area (TPSA) is 71.0 Å². The minimum absolute atomic E-state index is 0.118. The summed E-state index contributed by atoms with van der Waals surface area (Å²) in [6.07, 6.45) is 1.61. The van der Waals surface area contributed by atoms with Gasteiger partial charge >= 0.3 is 0 Å². The summed E-state index contributed by atoms with van der Waals surface area (Å²) in [4.78, 5) is 3.89. The molecule has 0 radical (unpaired) electrons. The Morgan fingerprint density at radius 2 is 2.46 bits per heavy atom. The van der Waals surface area contributed by atoms with E-state index < -0.39 is 6.10 Å². The number of hydrogen-bond acceptors (Lipinski definition) is 4. The molecule has 5 nitrogen and oxygen atoms in total. The molecule has 0 amide bonds. The van der Waals surface area contributed by atoms with Crippen molar-refractivity contribution in [3.8, 4) is 0 Å². The molecule has 0 saturated carbocycles. The zero-order valence-corrected chi connectivity index (χ0v) is 7.90. The molecule has 0 aliphatic heterocycles. The smallest absolute Gasteiger partial charge is 0.153 e. The van der Waals surface area contributed by atoms with Crippen LogP contribution >= 0.6 is 0 Å². The molecular weight excluding hydrogens is 170 g/mol. The maximum Gasteiger partial charge on any atom is 0.153 e. The summed E-state index contributed by atoms with van der Waals surface area (Å²) in [5.41, 5.74) is 0. The average molecular weight is 185 g/mol. The van der Waals surface area contributed by atoms with Crippen LogP contribution in [0.2, 0.25) is 0 Å². The Morgan fingerprint density at radius 3 is 3.00 bits per heavy atom. The highest BCUT2D eigenvalue weighted by molar-refractivity contribution is 4.88. The molecule has 0 fully saturated rings. The van der Waals surface area contributed by atoms with Crippen molar-refractivity contribution in [3.63, 3.8) is 0 Å². The first kappa shape index (κ1) is 10.1. The van der Waals surface area contributed by atoms with Crippen LogP contribution in [0.5, 0.6) is 0 Å². The van der Waals surface area contributed by atoms with Gasteiger partial charge in [-0.05, 0) is 12.3 Å². The summed E-state index contributed by atoms with van der Waals surface area (Å²) in [7, 11) is 1.65. The van der Waals surface area contributed by atoms with E-state index in [-0.39, 0.29) is 5.92 Å². The van der Waals surface area contributed by atoms with E-state index in [4.69, 9.17) is 4.74 Å². The first-order valence-electron chi connectivity index (χ1n) is 4.28. The lowest BCUT2D eigenvalue weighted by atomic mass is 10.0. The molecule has 0 bridgehead atoms. The number of hydrogen-bond donors (Lipinski definition) is 2. The van der Waals surface area contributed by atoms with Crippen LogP contribution in [0, 0.1) is 5.92 Å². The van der Waals surface area contributed by atoms with Gasteiger partial charge in [0.1, 0.15) is 12.4 Å². The molecule has 0 aliphatic rings. The number of aromatic amines is 1. The summed E-state index contributed by atoms with van der Waals surface area (Å²) in [6, 6.07) is 0. The first-order valence-corrected chi connectivity index (χ1v) is 4.28. The minimum atomic E-state index is -0.586. The highest BCUT2D eigenvalue weighted by Gasteiger charge is 2.18. The van der Waals surface area contributed by atoms with E-state index in [1.165, 1.54) is 6.33 Å². The second-order valence-electron chi connectivity index (χ2n) is 3.07. The zero-order chi connectivity index (χ0) is 9.68. The molecule has 2 atom stereocenters. The summed E-state index contributed by atoms with van der Waals surface area (Å²) < 4.78 is 4.92. The molecule has 2 N–H and O–H groups in total. The molecule has 13 heavy (non-hydrogen) atoms. The van der Waals surface area contributed by atoms with Gasteiger partial charge in [-0.1, -0.05) is 6.92 Å². The molecule has 1 rings (SSSR count). The molecule has 0 spiro atoms. The largest absolute Gasteiger partial charge is 0.385 e. The van der Waals surface area contributed by atoms with E-state index in [0.29, 0.717) is 12.4 Å². The van der Waals surface area contributed by atoms with Gasteiger partial charge in [-0.15, -0.1) is 0 Å². The highest BCUT2D eigenvalue weighted by atomic mass is 16.5. The number of methoxy groups -OCH3 is 1. The van der Waals surface area contributed by atoms with E-state index in [1.807, 2.05) is 6.92 Å². The van der Waals surface area contributed by atoms with Crippen LogP contribution in [-0.4, -0.2) is 34.0 Å². The van der Waals surface area contributed by atoms with Crippen molar-refractivity contribution < 1.29 is 9.84 Å². The average Bonchev–Trinajstić information content (AvgIpc) is 2.65. The molecule has 74 valence electrons. The van der Waals surface area contributed by atoms with Crippen molar-refractivity contribution in [1.82, 2.24) is 15.2 Å². The predicted molar refractivity (Wildman–Crippen MR) is 47.0 cm³/mol. The predicted octanol–water partition coefficient (Wildman–Crippen LogP) is 0.511. The van der Waals surface area contributed by atoms with E-state index in [0.717, 1.165) is 6.42 Å². The molecule has 1 aromatic heterocycles. The van der Waals surface area contributed by atoms with Crippen LogP contribution < -0.4 is 0 Å². The molecule has 1 heterocycles. The van der Waals surface area contributed by atoms with Gasteiger partial charge in [-0.25, -0.2) is 4.98 Å². The Morgan fingerprint density at radius 1 is 1.69 bits per heavy atom. The van der Waals surface area contributed by atoms with Gasteiger partial charge in [0.05, 0.1) is 0 Å². The second kappa shape index (κ2) is 4.94. The third-order valence-electron chi connectivity index (χ3n) is 2.03. The number of nitrogens with one attached hydrogen (secondary N) is 1. The van der Waals surface area contributed by atoms with Crippen molar-refractivity contribution in [1.29, 1.82) is 0 Å². The van der Waals surface area contributed by atoms with Crippen LogP contribution in [0.1, 0.15) is 25.3 Å². The van der Waals surface area contributed by atoms with Gasteiger partial charge in [0.15, 0.2) is 5.82 Å². The first-order chi connectivity index (χ1) is 6.25.